The predicted molar refractivity (Wildman–Crippen MR) is 94.6 cm³/mol. The fourth-order valence-electron chi connectivity index (χ4n) is 4.02. The van der Waals surface area contributed by atoms with E-state index in [4.69, 9.17) is 16.3 Å². The number of halogens is 3. The number of rotatable bonds is 3. The highest BCUT2D eigenvalue weighted by molar-refractivity contribution is 7.16. The van der Waals surface area contributed by atoms with Crippen LogP contribution in [0.2, 0.25) is 4.34 Å². The summed E-state index contributed by atoms with van der Waals surface area (Å²) in [6, 6.07) is 1.66. The van der Waals surface area contributed by atoms with E-state index in [-0.39, 0.29) is 11.6 Å². The van der Waals surface area contributed by atoms with E-state index in [2.05, 4.69) is 22.0 Å². The van der Waals surface area contributed by atoms with Gasteiger partial charge in [-0.1, -0.05) is 11.6 Å². The van der Waals surface area contributed by atoms with Crippen LogP contribution in [0.1, 0.15) is 35.8 Å². The molecule has 1 saturated heterocycles. The summed E-state index contributed by atoms with van der Waals surface area (Å²) in [5, 5.41) is 17.3. The number of hydrogen-bond acceptors (Lipinski definition) is 5. The molecule has 2 aromatic rings. The van der Waals surface area contributed by atoms with Crippen LogP contribution in [0.4, 0.5) is 8.78 Å². The molecule has 26 heavy (non-hydrogen) atoms. The quantitative estimate of drug-likeness (QED) is 0.823. The number of aromatic amines is 1. The molecule has 4 heterocycles. The number of piperidine rings is 1. The van der Waals surface area contributed by atoms with E-state index in [1.165, 1.54) is 17.4 Å². The fraction of sp³-hybridized carbons (Fsp3) is 0.588. The fourth-order valence-corrected chi connectivity index (χ4v) is 5.51. The zero-order valence-corrected chi connectivity index (χ0v) is 15.8. The van der Waals surface area contributed by atoms with Crippen molar-refractivity contribution in [2.75, 3.05) is 13.2 Å². The lowest BCUT2D eigenvalue weighted by molar-refractivity contribution is -0.210. The summed E-state index contributed by atoms with van der Waals surface area (Å²) >= 11 is 7.37. The molecule has 1 spiro atoms. The first-order valence-electron chi connectivity index (χ1n) is 8.50. The van der Waals surface area contributed by atoms with Gasteiger partial charge in [-0.05, 0) is 25.8 Å². The lowest BCUT2D eigenvalue weighted by Crippen LogP contribution is -2.54. The summed E-state index contributed by atoms with van der Waals surface area (Å²) in [6.45, 7) is 3.22. The molecule has 2 N–H and O–H groups in total. The second-order valence-corrected chi connectivity index (χ2v) is 8.86. The first-order valence-corrected chi connectivity index (χ1v) is 9.70. The van der Waals surface area contributed by atoms with Gasteiger partial charge in [-0.3, -0.25) is 10.00 Å². The third-order valence-electron chi connectivity index (χ3n) is 5.50. The van der Waals surface area contributed by atoms with Gasteiger partial charge in [0.05, 0.1) is 17.1 Å². The maximum Gasteiger partial charge on any atom is 0.273 e. The molecule has 1 fully saturated rings. The molecule has 0 radical (unpaired) electrons. The van der Waals surface area contributed by atoms with Crippen LogP contribution >= 0.6 is 22.9 Å². The molecule has 0 bridgehead atoms. The van der Waals surface area contributed by atoms with Crippen LogP contribution in [0.5, 0.6) is 0 Å². The third kappa shape index (κ3) is 2.88. The van der Waals surface area contributed by atoms with Gasteiger partial charge in [0.1, 0.15) is 5.60 Å². The largest absolute Gasteiger partial charge is 0.377 e. The maximum atomic E-state index is 13.5. The molecule has 0 aromatic carbocycles. The second kappa shape index (κ2) is 6.53. The standard InChI is InChI=1S/C17H20ClF2N3O2S/c1-10-5-16(2-3-23(10)8-11-6-21-22-7-11)14-12(4-13(18)26-14)17(24,9-25-16)15(19)20/h4,6-7,10,15,24H,2-3,5,8-9H2,1H3,(H,21,22). The minimum atomic E-state index is -2.93. The normalized spacial score (nSPS) is 32.3. The molecule has 0 amide bonds. The van der Waals surface area contributed by atoms with E-state index in [0.29, 0.717) is 22.1 Å². The van der Waals surface area contributed by atoms with Crippen LogP contribution in [0, 0.1) is 0 Å². The number of alkyl halides is 2. The monoisotopic (exact) mass is 403 g/mol. The molecule has 5 nitrogen and oxygen atoms in total. The number of thiophene rings is 1. The first kappa shape index (κ1) is 18.3. The van der Waals surface area contributed by atoms with E-state index in [9.17, 15) is 13.9 Å². The van der Waals surface area contributed by atoms with E-state index in [1.54, 1.807) is 6.20 Å². The highest BCUT2D eigenvalue weighted by atomic mass is 35.5. The molecule has 2 aliphatic rings. The van der Waals surface area contributed by atoms with E-state index >= 15 is 0 Å². The van der Waals surface area contributed by atoms with Gasteiger partial charge in [-0.2, -0.15) is 5.10 Å². The molecular formula is C17H20ClF2N3O2S. The molecular weight excluding hydrogens is 384 g/mol. The van der Waals surface area contributed by atoms with Crippen LogP contribution in [-0.4, -0.2) is 45.8 Å². The summed E-state index contributed by atoms with van der Waals surface area (Å²) in [5.74, 6) is 0. The number of hydrogen-bond donors (Lipinski definition) is 2. The highest BCUT2D eigenvalue weighted by Gasteiger charge is 2.54. The Morgan fingerprint density at radius 1 is 1.58 bits per heavy atom. The van der Waals surface area contributed by atoms with Crippen LogP contribution in [0.3, 0.4) is 0 Å². The Morgan fingerprint density at radius 3 is 3.04 bits per heavy atom. The van der Waals surface area contributed by atoms with Gasteiger partial charge in [-0.15, -0.1) is 11.3 Å². The molecule has 3 atom stereocenters. The average Bonchev–Trinajstić information content (AvgIpc) is 3.24. The van der Waals surface area contributed by atoms with Crippen LogP contribution in [0.25, 0.3) is 0 Å². The predicted octanol–water partition coefficient (Wildman–Crippen LogP) is 3.49. The molecule has 3 unspecified atom stereocenters. The van der Waals surface area contributed by atoms with E-state index in [0.717, 1.165) is 18.7 Å². The molecule has 0 saturated carbocycles. The summed E-state index contributed by atoms with van der Waals surface area (Å²) < 4.78 is 33.4. The average molecular weight is 404 g/mol. The van der Waals surface area contributed by atoms with Gasteiger partial charge >= 0.3 is 0 Å². The van der Waals surface area contributed by atoms with Crippen molar-refractivity contribution in [1.29, 1.82) is 0 Å². The highest BCUT2D eigenvalue weighted by Crippen LogP contribution is 2.53. The maximum absolute atomic E-state index is 13.5. The van der Waals surface area contributed by atoms with Gasteiger partial charge < -0.3 is 9.84 Å². The summed E-state index contributed by atoms with van der Waals surface area (Å²) in [7, 11) is 0. The zero-order valence-electron chi connectivity index (χ0n) is 14.2. The lowest BCUT2D eigenvalue weighted by atomic mass is 9.78. The number of likely N-dealkylation sites (tertiary alicyclic amines) is 1. The Kier molecular flexibility index (Phi) is 4.60. The van der Waals surface area contributed by atoms with Gasteiger partial charge in [0.15, 0.2) is 5.60 Å². The van der Waals surface area contributed by atoms with Crippen molar-refractivity contribution in [2.24, 2.45) is 0 Å². The third-order valence-corrected chi connectivity index (χ3v) is 6.95. The van der Waals surface area contributed by atoms with Gasteiger partial charge in [0.25, 0.3) is 6.43 Å². The van der Waals surface area contributed by atoms with Crippen molar-refractivity contribution in [2.45, 2.75) is 50.0 Å². The van der Waals surface area contributed by atoms with Crippen molar-refractivity contribution < 1.29 is 18.6 Å². The van der Waals surface area contributed by atoms with Crippen LogP contribution < -0.4 is 0 Å². The van der Waals surface area contributed by atoms with Crippen LogP contribution in [0.15, 0.2) is 18.5 Å². The van der Waals surface area contributed by atoms with E-state index < -0.39 is 24.2 Å². The first-order chi connectivity index (χ1) is 12.3. The summed E-state index contributed by atoms with van der Waals surface area (Å²) in [4.78, 5) is 2.97. The minimum Gasteiger partial charge on any atom is -0.377 e. The molecule has 2 aromatic heterocycles. The Morgan fingerprint density at radius 2 is 2.38 bits per heavy atom. The summed E-state index contributed by atoms with van der Waals surface area (Å²) in [6.07, 6.45) is 2.07. The molecule has 9 heteroatoms. The Balaban J connectivity index is 1.61. The lowest BCUT2D eigenvalue weighted by Gasteiger charge is -2.49. The Hall–Kier alpha value is -1.06. The van der Waals surface area contributed by atoms with Crippen LogP contribution in [-0.2, 0) is 22.5 Å². The Labute approximate surface area is 158 Å². The molecule has 4 rings (SSSR count). The van der Waals surface area contributed by atoms with Crippen molar-refractivity contribution in [3.8, 4) is 0 Å². The van der Waals surface area contributed by atoms with E-state index in [1.807, 2.05) is 6.20 Å². The Bertz CT molecular complexity index is 787. The molecule has 142 valence electrons. The molecule has 2 aliphatic heterocycles. The SMILES string of the molecule is CC1CC2(CCN1Cc1cn[nH]c1)OCC(O)(C(F)F)c1cc(Cl)sc12. The number of fused-ring (bicyclic) bond motifs is 2. The second-order valence-electron chi connectivity index (χ2n) is 7.18. The van der Waals surface area contributed by atoms with Gasteiger partial charge in [0.2, 0.25) is 0 Å². The van der Waals surface area contributed by atoms with Crippen molar-refractivity contribution in [1.82, 2.24) is 15.1 Å². The minimum absolute atomic E-state index is 0.185. The van der Waals surface area contributed by atoms with Gasteiger partial charge in [0, 0.05) is 41.3 Å². The molecule has 0 aliphatic carbocycles. The van der Waals surface area contributed by atoms with Gasteiger partial charge in [-0.25, -0.2) is 8.78 Å². The number of nitrogens with zero attached hydrogens (tertiary/aromatic N) is 2. The number of nitrogens with one attached hydrogen (secondary N) is 1. The number of aromatic nitrogens is 2. The summed E-state index contributed by atoms with van der Waals surface area (Å²) in [5.41, 5.74) is -1.63. The number of H-pyrrole nitrogens is 1. The number of ether oxygens (including phenoxy) is 1. The van der Waals surface area contributed by atoms with Crippen molar-refractivity contribution >= 4 is 22.9 Å². The number of aliphatic hydroxyl groups is 1. The van der Waals surface area contributed by atoms with Crippen molar-refractivity contribution in [3.05, 3.63) is 38.8 Å². The smallest absolute Gasteiger partial charge is 0.273 e. The van der Waals surface area contributed by atoms with Crippen molar-refractivity contribution in [3.63, 3.8) is 0 Å². The zero-order chi connectivity index (χ0) is 18.5. The topological polar surface area (TPSA) is 61.4 Å².